The zero-order valence-corrected chi connectivity index (χ0v) is 8.98. The summed E-state index contributed by atoms with van der Waals surface area (Å²) in [5, 5.41) is 5.05. The number of halogens is 1. The van der Waals surface area contributed by atoms with Crippen LogP contribution in [0.3, 0.4) is 0 Å². The Hall–Kier alpha value is -1.32. The van der Waals surface area contributed by atoms with Gasteiger partial charge in [-0.05, 0) is 23.8 Å². The Labute approximate surface area is 93.5 Å². The summed E-state index contributed by atoms with van der Waals surface area (Å²) < 4.78 is 1.86. The van der Waals surface area contributed by atoms with Gasteiger partial charge in [0.15, 0.2) is 0 Å². The van der Waals surface area contributed by atoms with E-state index in [0.29, 0.717) is 6.54 Å². The topological polar surface area (TPSA) is 43.8 Å². The van der Waals surface area contributed by atoms with Gasteiger partial charge in [0.25, 0.3) is 0 Å². The normalized spacial score (nSPS) is 10.5. The fraction of sp³-hybridized carbons (Fsp3) is 0.182. The van der Waals surface area contributed by atoms with E-state index >= 15 is 0 Å². The van der Waals surface area contributed by atoms with Crippen LogP contribution in [0.25, 0.3) is 0 Å². The highest BCUT2D eigenvalue weighted by atomic mass is 35.5. The Morgan fingerprint density at radius 2 is 2.20 bits per heavy atom. The van der Waals surface area contributed by atoms with E-state index in [1.54, 1.807) is 0 Å². The molecule has 2 N–H and O–H groups in total. The van der Waals surface area contributed by atoms with Crippen molar-refractivity contribution in [2.45, 2.75) is 13.1 Å². The minimum Gasteiger partial charge on any atom is -0.325 e. The van der Waals surface area contributed by atoms with Gasteiger partial charge in [-0.25, -0.2) is 0 Å². The minimum atomic E-state index is 0.475. The van der Waals surface area contributed by atoms with E-state index in [9.17, 15) is 0 Å². The van der Waals surface area contributed by atoms with Crippen LogP contribution < -0.4 is 5.73 Å². The molecule has 0 amide bonds. The summed E-state index contributed by atoms with van der Waals surface area (Å²) in [4.78, 5) is 0. The molecule has 0 aliphatic carbocycles. The largest absolute Gasteiger partial charge is 0.325 e. The third-order valence-electron chi connectivity index (χ3n) is 2.14. The lowest BCUT2D eigenvalue weighted by Gasteiger charge is -2.02. The van der Waals surface area contributed by atoms with Crippen LogP contribution in [0.15, 0.2) is 36.5 Å². The van der Waals surface area contributed by atoms with E-state index in [1.807, 2.05) is 41.2 Å². The van der Waals surface area contributed by atoms with Crippen LogP contribution >= 0.6 is 11.6 Å². The summed E-state index contributed by atoms with van der Waals surface area (Å²) >= 11 is 5.89. The van der Waals surface area contributed by atoms with E-state index in [0.717, 1.165) is 22.8 Å². The first-order valence-corrected chi connectivity index (χ1v) is 5.12. The summed E-state index contributed by atoms with van der Waals surface area (Å²) in [5.74, 6) is 0. The van der Waals surface area contributed by atoms with Gasteiger partial charge in [-0.2, -0.15) is 5.10 Å². The minimum absolute atomic E-state index is 0.475. The van der Waals surface area contributed by atoms with Crippen molar-refractivity contribution in [2.24, 2.45) is 5.73 Å². The Balaban J connectivity index is 2.14. The molecule has 15 heavy (non-hydrogen) atoms. The third kappa shape index (κ3) is 2.58. The van der Waals surface area contributed by atoms with Crippen LogP contribution in [0.5, 0.6) is 0 Å². The molecule has 2 rings (SSSR count). The summed E-state index contributed by atoms with van der Waals surface area (Å²) in [5.41, 5.74) is 7.52. The van der Waals surface area contributed by atoms with Crippen molar-refractivity contribution in [3.05, 3.63) is 52.8 Å². The fourth-order valence-electron chi connectivity index (χ4n) is 1.42. The lowest BCUT2D eigenvalue weighted by molar-refractivity contribution is 0.672. The Bertz CT molecular complexity index is 451. The highest BCUT2D eigenvalue weighted by Gasteiger charge is 1.98. The molecule has 0 saturated carbocycles. The molecular formula is C11H12ClN3. The van der Waals surface area contributed by atoms with Gasteiger partial charge >= 0.3 is 0 Å². The van der Waals surface area contributed by atoms with Crippen LogP contribution in [0, 0.1) is 0 Å². The first-order valence-electron chi connectivity index (χ1n) is 4.75. The average Bonchev–Trinajstić information content (AvgIpc) is 2.65. The van der Waals surface area contributed by atoms with Crippen molar-refractivity contribution < 1.29 is 0 Å². The zero-order valence-electron chi connectivity index (χ0n) is 8.23. The Kier molecular flexibility index (Phi) is 3.04. The number of aromatic nitrogens is 2. The molecular weight excluding hydrogens is 210 g/mol. The SMILES string of the molecule is NCc1ccn(Cc2cccc(Cl)c2)n1. The van der Waals surface area contributed by atoms with Crippen molar-refractivity contribution >= 4 is 11.6 Å². The number of nitrogens with two attached hydrogens (primary N) is 1. The second-order valence-corrected chi connectivity index (χ2v) is 3.78. The number of nitrogens with zero attached hydrogens (tertiary/aromatic N) is 2. The highest BCUT2D eigenvalue weighted by molar-refractivity contribution is 6.30. The Morgan fingerprint density at radius 1 is 1.33 bits per heavy atom. The summed E-state index contributed by atoms with van der Waals surface area (Å²) in [7, 11) is 0. The molecule has 4 heteroatoms. The van der Waals surface area contributed by atoms with Crippen LogP contribution in [-0.2, 0) is 13.1 Å². The molecule has 2 aromatic rings. The van der Waals surface area contributed by atoms with Crippen molar-refractivity contribution in [1.29, 1.82) is 0 Å². The van der Waals surface area contributed by atoms with Crippen LogP contribution in [0.2, 0.25) is 5.02 Å². The number of hydrogen-bond donors (Lipinski definition) is 1. The molecule has 0 saturated heterocycles. The number of benzene rings is 1. The number of hydrogen-bond acceptors (Lipinski definition) is 2. The van der Waals surface area contributed by atoms with Crippen LogP contribution in [0.1, 0.15) is 11.3 Å². The van der Waals surface area contributed by atoms with Crippen molar-refractivity contribution in [3.63, 3.8) is 0 Å². The lowest BCUT2D eigenvalue weighted by Crippen LogP contribution is -2.03. The second-order valence-electron chi connectivity index (χ2n) is 3.34. The van der Waals surface area contributed by atoms with Crippen LogP contribution in [0.4, 0.5) is 0 Å². The van der Waals surface area contributed by atoms with Gasteiger partial charge in [0.05, 0.1) is 12.2 Å². The van der Waals surface area contributed by atoms with Gasteiger partial charge in [0.2, 0.25) is 0 Å². The Morgan fingerprint density at radius 3 is 2.87 bits per heavy atom. The van der Waals surface area contributed by atoms with Gasteiger partial charge in [0.1, 0.15) is 0 Å². The predicted molar refractivity (Wildman–Crippen MR) is 60.7 cm³/mol. The molecule has 3 nitrogen and oxygen atoms in total. The third-order valence-corrected chi connectivity index (χ3v) is 2.37. The predicted octanol–water partition coefficient (Wildman–Crippen LogP) is 2.04. The van der Waals surface area contributed by atoms with E-state index in [4.69, 9.17) is 17.3 Å². The summed E-state index contributed by atoms with van der Waals surface area (Å²) in [6.07, 6.45) is 1.92. The van der Waals surface area contributed by atoms with E-state index in [-0.39, 0.29) is 0 Å². The van der Waals surface area contributed by atoms with Crippen molar-refractivity contribution in [1.82, 2.24) is 9.78 Å². The van der Waals surface area contributed by atoms with E-state index < -0.39 is 0 Å². The average molecular weight is 222 g/mol. The van der Waals surface area contributed by atoms with Crippen LogP contribution in [-0.4, -0.2) is 9.78 Å². The second kappa shape index (κ2) is 4.47. The van der Waals surface area contributed by atoms with Gasteiger partial charge in [-0.15, -0.1) is 0 Å². The molecule has 0 aliphatic rings. The van der Waals surface area contributed by atoms with Gasteiger partial charge in [0, 0.05) is 17.8 Å². The monoisotopic (exact) mass is 221 g/mol. The quantitative estimate of drug-likeness (QED) is 0.862. The van der Waals surface area contributed by atoms with Crippen molar-refractivity contribution in [3.8, 4) is 0 Å². The molecule has 1 heterocycles. The van der Waals surface area contributed by atoms with E-state index in [2.05, 4.69) is 5.10 Å². The molecule has 1 aromatic carbocycles. The maximum atomic E-state index is 5.89. The maximum absolute atomic E-state index is 5.89. The smallest absolute Gasteiger partial charge is 0.0760 e. The zero-order chi connectivity index (χ0) is 10.7. The standard InChI is InChI=1S/C11H12ClN3/c12-10-3-1-2-9(6-10)8-15-5-4-11(7-13)14-15/h1-6H,7-8,13H2. The summed E-state index contributed by atoms with van der Waals surface area (Å²) in [6, 6.07) is 9.68. The maximum Gasteiger partial charge on any atom is 0.0760 e. The number of rotatable bonds is 3. The lowest BCUT2D eigenvalue weighted by atomic mass is 10.2. The first kappa shape index (κ1) is 10.2. The molecule has 0 bridgehead atoms. The van der Waals surface area contributed by atoms with Crippen molar-refractivity contribution in [2.75, 3.05) is 0 Å². The molecule has 0 unspecified atom stereocenters. The molecule has 78 valence electrons. The van der Waals surface area contributed by atoms with Gasteiger partial charge in [-0.3, -0.25) is 4.68 Å². The molecule has 1 aromatic heterocycles. The fourth-order valence-corrected chi connectivity index (χ4v) is 1.64. The molecule has 0 fully saturated rings. The molecule has 0 spiro atoms. The molecule has 0 aliphatic heterocycles. The van der Waals surface area contributed by atoms with Gasteiger partial charge < -0.3 is 5.73 Å². The summed E-state index contributed by atoms with van der Waals surface area (Å²) in [6.45, 7) is 1.20. The first-order chi connectivity index (χ1) is 7.28. The van der Waals surface area contributed by atoms with Gasteiger partial charge in [-0.1, -0.05) is 23.7 Å². The highest BCUT2D eigenvalue weighted by Crippen LogP contribution is 2.11. The van der Waals surface area contributed by atoms with E-state index in [1.165, 1.54) is 0 Å². The molecule has 0 atom stereocenters. The molecule has 0 radical (unpaired) electrons.